The van der Waals surface area contributed by atoms with Gasteiger partial charge in [-0.15, -0.1) is 0 Å². The van der Waals surface area contributed by atoms with Crippen LogP contribution >= 0.6 is 23.2 Å². The number of carbonyl (C=O) groups is 1. The van der Waals surface area contributed by atoms with Crippen molar-refractivity contribution >= 4 is 40.6 Å². The lowest BCUT2D eigenvalue weighted by Gasteiger charge is -2.36. The number of ether oxygens (including phenoxy) is 1. The molecule has 2 aliphatic rings. The van der Waals surface area contributed by atoms with Gasteiger partial charge < -0.3 is 15.0 Å². The molecule has 1 saturated heterocycles. The first-order valence-corrected chi connectivity index (χ1v) is 11.3. The molecule has 0 radical (unpaired) electrons. The van der Waals surface area contributed by atoms with E-state index in [1.807, 2.05) is 12.1 Å². The number of pyridine rings is 1. The lowest BCUT2D eigenvalue weighted by Crippen LogP contribution is -2.46. The Hall–Kier alpha value is -2.09. The summed E-state index contributed by atoms with van der Waals surface area (Å²) >= 11 is 12.5. The van der Waals surface area contributed by atoms with Crippen molar-refractivity contribution in [2.45, 2.75) is 25.7 Å². The van der Waals surface area contributed by atoms with E-state index in [0.717, 1.165) is 51.3 Å². The number of benzene rings is 1. The van der Waals surface area contributed by atoms with Crippen LogP contribution in [0, 0.1) is 5.82 Å². The number of aryl methyl sites for hydroxylation is 1. The Morgan fingerprint density at radius 3 is 2.74 bits per heavy atom. The summed E-state index contributed by atoms with van der Waals surface area (Å²) in [5, 5.41) is 3.86. The first-order chi connectivity index (χ1) is 15.0. The Bertz CT molecular complexity index is 951. The van der Waals surface area contributed by atoms with E-state index in [1.165, 1.54) is 6.07 Å². The highest BCUT2D eigenvalue weighted by molar-refractivity contribution is 6.43. The van der Waals surface area contributed by atoms with Crippen LogP contribution in [-0.4, -0.2) is 55.1 Å². The first kappa shape index (κ1) is 22.1. The number of hydrogen-bond donors (Lipinski definition) is 1. The van der Waals surface area contributed by atoms with Crippen LogP contribution < -0.4 is 15.0 Å². The molecule has 31 heavy (non-hydrogen) atoms. The van der Waals surface area contributed by atoms with E-state index in [1.54, 1.807) is 6.07 Å². The molecule has 1 aromatic carbocycles. The zero-order valence-electron chi connectivity index (χ0n) is 17.2. The summed E-state index contributed by atoms with van der Waals surface area (Å²) in [6.45, 7) is 5.03. The normalized spacial score (nSPS) is 16.7. The molecule has 0 unspecified atom stereocenters. The summed E-state index contributed by atoms with van der Waals surface area (Å²) in [7, 11) is 0. The van der Waals surface area contributed by atoms with Crippen LogP contribution in [0.3, 0.4) is 0 Å². The number of anilines is 2. The smallest absolute Gasteiger partial charge is 0.252 e. The lowest BCUT2D eigenvalue weighted by atomic mass is 10.1. The van der Waals surface area contributed by atoms with Gasteiger partial charge in [0.25, 0.3) is 5.88 Å². The summed E-state index contributed by atoms with van der Waals surface area (Å²) in [6, 6.07) is 7.13. The fraction of sp³-hybridized carbons (Fsp3) is 0.455. The highest BCUT2D eigenvalue weighted by Gasteiger charge is 2.21. The van der Waals surface area contributed by atoms with Crippen LogP contribution in [0.1, 0.15) is 24.8 Å². The molecule has 0 bridgehead atoms. The number of rotatable bonds is 7. The van der Waals surface area contributed by atoms with Gasteiger partial charge in [0.05, 0.1) is 22.3 Å². The maximum atomic E-state index is 14.2. The fourth-order valence-corrected chi connectivity index (χ4v) is 4.32. The van der Waals surface area contributed by atoms with E-state index < -0.39 is 5.82 Å². The molecule has 3 heterocycles. The summed E-state index contributed by atoms with van der Waals surface area (Å²) < 4.78 is 19.7. The van der Waals surface area contributed by atoms with Gasteiger partial charge in [-0.1, -0.05) is 29.3 Å². The second-order valence-corrected chi connectivity index (χ2v) is 8.57. The molecule has 6 nitrogen and oxygen atoms in total. The predicted molar refractivity (Wildman–Crippen MR) is 121 cm³/mol. The van der Waals surface area contributed by atoms with Crippen molar-refractivity contribution in [3.05, 3.63) is 45.7 Å². The molecule has 2 aromatic rings. The van der Waals surface area contributed by atoms with E-state index in [0.29, 0.717) is 40.9 Å². The molecule has 0 saturated carbocycles. The molecule has 1 amide bonds. The third kappa shape index (κ3) is 5.40. The summed E-state index contributed by atoms with van der Waals surface area (Å²) in [5.41, 5.74) is 1.70. The Morgan fingerprint density at radius 1 is 1.13 bits per heavy atom. The molecule has 1 aromatic heterocycles. The largest absolute Gasteiger partial charge is 0.476 e. The molecule has 9 heteroatoms. The van der Waals surface area contributed by atoms with Crippen molar-refractivity contribution in [1.82, 2.24) is 9.88 Å². The molecule has 0 spiro atoms. The second-order valence-electron chi connectivity index (χ2n) is 7.79. The average molecular weight is 467 g/mol. The molecule has 2 aliphatic heterocycles. The summed E-state index contributed by atoms with van der Waals surface area (Å²) in [6.07, 6.45) is 2.60. The average Bonchev–Trinajstić information content (AvgIpc) is 2.76. The maximum absolute atomic E-state index is 14.2. The number of unbranched alkanes of at least 4 members (excludes halogenated alkanes) is 1. The third-order valence-electron chi connectivity index (χ3n) is 5.65. The number of nitrogens with one attached hydrogen (secondary N) is 1. The molecular weight excluding hydrogens is 442 g/mol. The Morgan fingerprint density at radius 2 is 1.94 bits per heavy atom. The maximum Gasteiger partial charge on any atom is 0.252 e. The van der Waals surface area contributed by atoms with Gasteiger partial charge >= 0.3 is 0 Å². The summed E-state index contributed by atoms with van der Waals surface area (Å²) in [5.74, 6) is -0.223. The number of halogens is 3. The zero-order valence-corrected chi connectivity index (χ0v) is 18.7. The fourth-order valence-electron chi connectivity index (χ4n) is 3.91. The number of nitrogens with zero attached hydrogens (tertiary/aromatic N) is 3. The predicted octanol–water partition coefficient (Wildman–Crippen LogP) is 4.39. The number of piperazine rings is 1. The Kier molecular flexibility index (Phi) is 7.15. The van der Waals surface area contributed by atoms with Crippen molar-refractivity contribution in [2.24, 2.45) is 0 Å². The number of aromatic nitrogens is 1. The van der Waals surface area contributed by atoms with Gasteiger partial charge in [-0.05, 0) is 49.6 Å². The Balaban J connectivity index is 1.18. The quantitative estimate of drug-likeness (QED) is 0.613. The lowest BCUT2D eigenvalue weighted by molar-refractivity contribution is -0.116. The summed E-state index contributed by atoms with van der Waals surface area (Å²) in [4.78, 5) is 20.3. The minimum absolute atomic E-state index is 0.0482. The number of amides is 1. The van der Waals surface area contributed by atoms with Crippen LogP contribution in [0.2, 0.25) is 10.0 Å². The van der Waals surface area contributed by atoms with Crippen molar-refractivity contribution in [3.8, 4) is 5.88 Å². The second kappa shape index (κ2) is 10.0. The molecule has 0 atom stereocenters. The molecule has 4 rings (SSSR count). The standard InChI is InChI=1S/C22H25Cl2FN4O2/c23-16-4-3-5-18(20(16)24)29-11-9-28(10-12-29)8-1-2-13-31-22-17(25)14-15-6-7-19(30)26-21(15)27-22/h3-5,14H,1-2,6-13H2,(H,26,27,30). The van der Waals surface area contributed by atoms with Gasteiger partial charge in [-0.25, -0.2) is 4.39 Å². The van der Waals surface area contributed by atoms with E-state index in [2.05, 4.69) is 20.1 Å². The highest BCUT2D eigenvalue weighted by atomic mass is 35.5. The molecule has 1 N–H and O–H groups in total. The molecule has 1 fully saturated rings. The van der Waals surface area contributed by atoms with Crippen LogP contribution in [0.5, 0.6) is 5.88 Å². The highest BCUT2D eigenvalue weighted by Crippen LogP contribution is 2.33. The van der Waals surface area contributed by atoms with Gasteiger partial charge in [0.2, 0.25) is 5.91 Å². The number of hydrogen-bond acceptors (Lipinski definition) is 5. The molecular formula is C22H25Cl2FN4O2. The zero-order chi connectivity index (χ0) is 21.8. The van der Waals surface area contributed by atoms with Gasteiger partial charge in [0.1, 0.15) is 5.82 Å². The van der Waals surface area contributed by atoms with Gasteiger partial charge in [0, 0.05) is 32.6 Å². The third-order valence-corrected chi connectivity index (χ3v) is 6.46. The van der Waals surface area contributed by atoms with Crippen LogP contribution in [-0.2, 0) is 11.2 Å². The van der Waals surface area contributed by atoms with Gasteiger partial charge in [-0.3, -0.25) is 9.69 Å². The Labute approximate surface area is 191 Å². The SMILES string of the molecule is O=C1CCc2cc(F)c(OCCCCN3CCN(c4cccc(Cl)c4Cl)CC3)nc2N1. The number of carbonyl (C=O) groups excluding carboxylic acids is 1. The van der Waals surface area contributed by atoms with E-state index >= 15 is 0 Å². The van der Waals surface area contributed by atoms with Crippen LogP contribution in [0.15, 0.2) is 24.3 Å². The van der Waals surface area contributed by atoms with Crippen LogP contribution in [0.25, 0.3) is 0 Å². The van der Waals surface area contributed by atoms with E-state index in [-0.39, 0.29) is 11.8 Å². The van der Waals surface area contributed by atoms with Gasteiger partial charge in [0.15, 0.2) is 5.82 Å². The van der Waals surface area contributed by atoms with Gasteiger partial charge in [-0.2, -0.15) is 4.98 Å². The van der Waals surface area contributed by atoms with E-state index in [9.17, 15) is 9.18 Å². The minimum atomic E-state index is -0.481. The topological polar surface area (TPSA) is 57.7 Å². The van der Waals surface area contributed by atoms with Crippen molar-refractivity contribution in [2.75, 3.05) is 49.5 Å². The van der Waals surface area contributed by atoms with Crippen molar-refractivity contribution in [3.63, 3.8) is 0 Å². The van der Waals surface area contributed by atoms with Crippen LogP contribution in [0.4, 0.5) is 15.9 Å². The first-order valence-electron chi connectivity index (χ1n) is 10.5. The van der Waals surface area contributed by atoms with Crippen molar-refractivity contribution in [1.29, 1.82) is 0 Å². The molecule has 0 aliphatic carbocycles. The van der Waals surface area contributed by atoms with Crippen molar-refractivity contribution < 1.29 is 13.9 Å². The number of fused-ring (bicyclic) bond motifs is 1. The minimum Gasteiger partial charge on any atom is -0.476 e. The molecule has 166 valence electrons. The monoisotopic (exact) mass is 466 g/mol. The van der Waals surface area contributed by atoms with E-state index in [4.69, 9.17) is 27.9 Å².